The third-order valence-electron chi connectivity index (χ3n) is 4.57. The summed E-state index contributed by atoms with van der Waals surface area (Å²) in [5.74, 6) is 0.349. The number of hydrogen-bond acceptors (Lipinski definition) is 3. The molecule has 0 aromatic rings. The topological polar surface area (TPSA) is 77.9 Å². The highest BCUT2D eigenvalue weighted by molar-refractivity contribution is 7.85. The van der Waals surface area contributed by atoms with E-state index in [2.05, 4.69) is 0 Å². The third-order valence-corrected chi connectivity index (χ3v) is 5.85. The van der Waals surface area contributed by atoms with Gasteiger partial charge in [0.05, 0.1) is 5.41 Å². The van der Waals surface area contributed by atoms with Crippen molar-refractivity contribution in [3.05, 3.63) is 0 Å². The summed E-state index contributed by atoms with van der Waals surface area (Å²) < 4.78 is 11.3. The molecule has 0 saturated carbocycles. The molecule has 20 heavy (non-hydrogen) atoms. The summed E-state index contributed by atoms with van der Waals surface area (Å²) in [5.41, 5.74) is -0.666. The fraction of sp³-hybridized carbons (Fsp3) is 0.846. The second kappa shape index (κ2) is 6.11. The van der Waals surface area contributed by atoms with Crippen LogP contribution in [0.1, 0.15) is 26.2 Å². The van der Waals surface area contributed by atoms with Gasteiger partial charge in [0.15, 0.2) is 0 Å². The van der Waals surface area contributed by atoms with Crippen molar-refractivity contribution in [2.45, 2.75) is 26.2 Å². The molecule has 0 aromatic heterocycles. The zero-order valence-electron chi connectivity index (χ0n) is 11.8. The van der Waals surface area contributed by atoms with Crippen molar-refractivity contribution in [2.75, 3.05) is 37.7 Å². The summed E-state index contributed by atoms with van der Waals surface area (Å²) in [6, 6.07) is -0.0307. The molecule has 6 nitrogen and oxygen atoms in total. The number of carboxylic acid groups (broad SMARTS) is 1. The fourth-order valence-corrected chi connectivity index (χ4v) is 3.93. The number of carbonyl (C=O) groups excluding carboxylic acids is 1. The lowest BCUT2D eigenvalue weighted by molar-refractivity contribution is -0.152. The van der Waals surface area contributed by atoms with Crippen molar-refractivity contribution < 1.29 is 18.9 Å². The molecule has 2 aliphatic heterocycles. The standard InChI is InChI=1S/C13H22N2O4S/c1-2-13(11(16)17)3-5-14(6-4-13)12(18)15-7-9-20(19)10-8-15/h2-10H2,1H3,(H,16,17). The van der Waals surface area contributed by atoms with Gasteiger partial charge < -0.3 is 14.9 Å². The highest BCUT2D eigenvalue weighted by Crippen LogP contribution is 2.35. The molecule has 0 radical (unpaired) electrons. The minimum atomic E-state index is -0.793. The SMILES string of the molecule is CCC1(C(=O)O)CCN(C(=O)N2CCS(=O)CC2)CC1. The summed E-state index contributed by atoms with van der Waals surface area (Å²) in [5, 5.41) is 9.34. The van der Waals surface area contributed by atoms with Gasteiger partial charge in [0.1, 0.15) is 0 Å². The highest BCUT2D eigenvalue weighted by Gasteiger charge is 2.41. The van der Waals surface area contributed by atoms with Crippen molar-refractivity contribution in [3.63, 3.8) is 0 Å². The molecule has 2 amide bonds. The molecule has 0 spiro atoms. The van der Waals surface area contributed by atoms with E-state index >= 15 is 0 Å². The van der Waals surface area contributed by atoms with E-state index in [1.54, 1.807) is 9.80 Å². The van der Waals surface area contributed by atoms with Crippen LogP contribution in [0.5, 0.6) is 0 Å². The number of piperidine rings is 1. The van der Waals surface area contributed by atoms with E-state index in [0.717, 1.165) is 0 Å². The van der Waals surface area contributed by atoms with Crippen molar-refractivity contribution in [2.24, 2.45) is 5.41 Å². The quantitative estimate of drug-likeness (QED) is 0.816. The molecule has 7 heteroatoms. The number of carbonyl (C=O) groups is 2. The Hall–Kier alpha value is -1.11. The Kier molecular flexibility index (Phi) is 4.67. The Morgan fingerprint density at radius 2 is 1.60 bits per heavy atom. The normalized spacial score (nSPS) is 23.6. The van der Waals surface area contributed by atoms with Gasteiger partial charge in [-0.05, 0) is 19.3 Å². The summed E-state index contributed by atoms with van der Waals surface area (Å²) >= 11 is 0. The maximum Gasteiger partial charge on any atom is 0.320 e. The first-order valence-corrected chi connectivity index (χ1v) is 8.59. The molecule has 1 N–H and O–H groups in total. The first-order chi connectivity index (χ1) is 9.48. The smallest absolute Gasteiger partial charge is 0.320 e. The van der Waals surface area contributed by atoms with Crippen LogP contribution in [-0.2, 0) is 15.6 Å². The molecule has 0 unspecified atom stereocenters. The number of nitrogens with zero attached hydrogens (tertiary/aromatic N) is 2. The average molecular weight is 302 g/mol. The number of rotatable bonds is 2. The molecule has 2 aliphatic rings. The van der Waals surface area contributed by atoms with Crippen molar-refractivity contribution in [3.8, 4) is 0 Å². The van der Waals surface area contributed by atoms with Gasteiger partial charge >= 0.3 is 12.0 Å². The maximum atomic E-state index is 12.3. The van der Waals surface area contributed by atoms with Crippen LogP contribution in [0.4, 0.5) is 4.79 Å². The average Bonchev–Trinajstić information content (AvgIpc) is 2.47. The highest BCUT2D eigenvalue weighted by atomic mass is 32.2. The first-order valence-electron chi connectivity index (χ1n) is 7.11. The minimum Gasteiger partial charge on any atom is -0.481 e. The Morgan fingerprint density at radius 3 is 2.05 bits per heavy atom. The number of carboxylic acids is 1. The van der Waals surface area contributed by atoms with Crippen LogP contribution in [0.2, 0.25) is 0 Å². The molecule has 2 heterocycles. The van der Waals surface area contributed by atoms with Gasteiger partial charge in [0.2, 0.25) is 0 Å². The van der Waals surface area contributed by atoms with E-state index in [9.17, 15) is 18.9 Å². The van der Waals surface area contributed by atoms with Crippen LogP contribution < -0.4 is 0 Å². The maximum absolute atomic E-state index is 12.3. The van der Waals surface area contributed by atoms with Gasteiger partial charge in [-0.3, -0.25) is 9.00 Å². The van der Waals surface area contributed by atoms with Crippen LogP contribution in [0, 0.1) is 5.41 Å². The van der Waals surface area contributed by atoms with Crippen molar-refractivity contribution in [1.82, 2.24) is 9.80 Å². The Morgan fingerprint density at radius 1 is 1.10 bits per heavy atom. The minimum absolute atomic E-state index is 0.0307. The van der Waals surface area contributed by atoms with E-state index in [1.165, 1.54) is 0 Å². The molecule has 2 fully saturated rings. The van der Waals surface area contributed by atoms with E-state index in [1.807, 2.05) is 6.92 Å². The van der Waals surface area contributed by atoms with Crippen molar-refractivity contribution in [1.29, 1.82) is 0 Å². The second-order valence-electron chi connectivity index (χ2n) is 5.54. The van der Waals surface area contributed by atoms with Gasteiger partial charge in [-0.25, -0.2) is 4.79 Å². The lowest BCUT2D eigenvalue weighted by atomic mass is 9.76. The van der Waals surface area contributed by atoms with Gasteiger partial charge in [-0.2, -0.15) is 0 Å². The molecule has 0 aliphatic carbocycles. The van der Waals surface area contributed by atoms with Crippen LogP contribution >= 0.6 is 0 Å². The molecular formula is C13H22N2O4S. The second-order valence-corrected chi connectivity index (χ2v) is 7.24. The number of amides is 2. The summed E-state index contributed by atoms with van der Waals surface area (Å²) in [7, 11) is -0.793. The van der Waals surface area contributed by atoms with Gasteiger partial charge in [0, 0.05) is 48.5 Å². The fourth-order valence-electron chi connectivity index (χ4n) is 2.87. The molecule has 0 aromatic carbocycles. The van der Waals surface area contributed by atoms with Gasteiger partial charge in [-0.15, -0.1) is 0 Å². The number of urea groups is 1. The first kappa shape index (κ1) is 15.3. The lowest BCUT2D eigenvalue weighted by Gasteiger charge is -2.40. The van der Waals surface area contributed by atoms with Crippen LogP contribution in [-0.4, -0.2) is 68.8 Å². The monoisotopic (exact) mass is 302 g/mol. The molecule has 114 valence electrons. The predicted octanol–water partition coefficient (Wildman–Crippen LogP) is 0.747. The molecule has 0 bridgehead atoms. The summed E-state index contributed by atoms with van der Waals surface area (Å²) in [4.78, 5) is 27.2. The molecule has 2 saturated heterocycles. The molecule has 0 atom stereocenters. The van der Waals surface area contributed by atoms with Gasteiger partial charge in [0.25, 0.3) is 0 Å². The van der Waals surface area contributed by atoms with E-state index in [4.69, 9.17) is 0 Å². The lowest BCUT2D eigenvalue weighted by Crippen LogP contribution is -2.53. The Balaban J connectivity index is 1.91. The van der Waals surface area contributed by atoms with Crippen LogP contribution in [0.25, 0.3) is 0 Å². The number of hydrogen-bond donors (Lipinski definition) is 1. The van der Waals surface area contributed by atoms with E-state index in [-0.39, 0.29) is 6.03 Å². The summed E-state index contributed by atoms with van der Waals surface area (Å²) in [6.45, 7) is 3.97. The number of aliphatic carboxylic acids is 1. The zero-order valence-corrected chi connectivity index (χ0v) is 12.7. The van der Waals surface area contributed by atoms with Gasteiger partial charge in [-0.1, -0.05) is 6.92 Å². The third kappa shape index (κ3) is 2.97. The Labute approximate surface area is 121 Å². The van der Waals surface area contributed by atoms with Crippen LogP contribution in [0.3, 0.4) is 0 Å². The Bertz CT molecular complexity index is 409. The predicted molar refractivity (Wildman–Crippen MR) is 76.0 cm³/mol. The number of likely N-dealkylation sites (tertiary alicyclic amines) is 1. The van der Waals surface area contributed by atoms with Crippen molar-refractivity contribution >= 4 is 22.8 Å². The van der Waals surface area contributed by atoms with E-state index in [0.29, 0.717) is 56.9 Å². The summed E-state index contributed by atoms with van der Waals surface area (Å²) in [6.07, 6.45) is 1.64. The largest absolute Gasteiger partial charge is 0.481 e. The molecular weight excluding hydrogens is 280 g/mol. The van der Waals surface area contributed by atoms with E-state index < -0.39 is 22.2 Å². The zero-order chi connectivity index (χ0) is 14.8. The molecule has 2 rings (SSSR count). The van der Waals surface area contributed by atoms with Crippen LogP contribution in [0.15, 0.2) is 0 Å².